The first kappa shape index (κ1) is 27.5. The van der Waals surface area contributed by atoms with Crippen molar-refractivity contribution < 1.29 is 17.3 Å². The van der Waals surface area contributed by atoms with Crippen LogP contribution in [0.5, 0.6) is 0 Å². The molecule has 0 radical (unpaired) electrons. The molecule has 0 amide bonds. The van der Waals surface area contributed by atoms with E-state index >= 15 is 0 Å². The van der Waals surface area contributed by atoms with Crippen molar-refractivity contribution in [2.24, 2.45) is 0 Å². The summed E-state index contributed by atoms with van der Waals surface area (Å²) in [5.74, 6) is 0. The quantitative estimate of drug-likeness (QED) is 0.408. The van der Waals surface area contributed by atoms with Crippen molar-refractivity contribution in [2.75, 3.05) is 26.3 Å². The summed E-state index contributed by atoms with van der Waals surface area (Å²) in [6.45, 7) is 23.3. The van der Waals surface area contributed by atoms with Gasteiger partial charge in [0.2, 0.25) is 10.0 Å². The molecule has 0 heterocycles. The second-order valence-electron chi connectivity index (χ2n) is 10.9. The van der Waals surface area contributed by atoms with E-state index in [1.54, 1.807) is 24.3 Å². The first-order valence-corrected chi connectivity index (χ1v) is 18.0. The summed E-state index contributed by atoms with van der Waals surface area (Å²) in [4.78, 5) is 0.310. The summed E-state index contributed by atoms with van der Waals surface area (Å²) in [7, 11) is -7.49. The standard InChI is InChI=1S/C22H43NO4SSi2/c1-21(2,3)29(7,8)26-18-16-23(17-19-27-30(9,10)22(4,5)6)28(24,25)20-14-12-11-13-15-20/h11-15H,16-19H2,1-10H3. The second-order valence-corrected chi connectivity index (χ2v) is 22.5. The Balaban J connectivity index is 2.95. The molecule has 8 heteroatoms. The van der Waals surface area contributed by atoms with Gasteiger partial charge >= 0.3 is 0 Å². The van der Waals surface area contributed by atoms with E-state index in [4.69, 9.17) is 8.85 Å². The molecule has 0 aromatic heterocycles. The molecule has 0 N–H and O–H groups in total. The lowest BCUT2D eigenvalue weighted by molar-refractivity contribution is 0.219. The predicted molar refractivity (Wildman–Crippen MR) is 131 cm³/mol. The Morgan fingerprint density at radius 1 is 0.767 bits per heavy atom. The lowest BCUT2D eigenvalue weighted by atomic mass is 10.2. The topological polar surface area (TPSA) is 55.8 Å². The normalized spacial score (nSPS) is 14.4. The molecule has 0 spiro atoms. The van der Waals surface area contributed by atoms with Crippen LogP contribution in [0.1, 0.15) is 41.5 Å². The predicted octanol–water partition coefficient (Wildman–Crippen LogP) is 5.72. The fourth-order valence-corrected chi connectivity index (χ4v) is 5.83. The Kier molecular flexibility index (Phi) is 9.13. The lowest BCUT2D eigenvalue weighted by Gasteiger charge is -2.37. The number of rotatable bonds is 10. The van der Waals surface area contributed by atoms with E-state index in [0.717, 1.165) is 0 Å². The fraction of sp³-hybridized carbons (Fsp3) is 0.727. The minimum absolute atomic E-state index is 0.0849. The number of benzene rings is 1. The summed E-state index contributed by atoms with van der Waals surface area (Å²) in [6.07, 6.45) is 0. The van der Waals surface area contributed by atoms with Gasteiger partial charge in [-0.3, -0.25) is 0 Å². The van der Waals surface area contributed by atoms with Crippen molar-refractivity contribution in [3.05, 3.63) is 30.3 Å². The van der Waals surface area contributed by atoms with Gasteiger partial charge in [-0.2, -0.15) is 4.31 Å². The van der Waals surface area contributed by atoms with Gasteiger partial charge < -0.3 is 8.85 Å². The summed E-state index contributed by atoms with van der Waals surface area (Å²) in [5, 5.41) is 0.170. The maximum Gasteiger partial charge on any atom is 0.243 e. The molecule has 0 atom stereocenters. The molecule has 1 aromatic rings. The molecule has 0 saturated heterocycles. The van der Waals surface area contributed by atoms with Crippen molar-refractivity contribution in [1.29, 1.82) is 0 Å². The van der Waals surface area contributed by atoms with Gasteiger partial charge in [0.25, 0.3) is 0 Å². The largest absolute Gasteiger partial charge is 0.415 e. The molecule has 0 fully saturated rings. The third-order valence-corrected chi connectivity index (χ3v) is 17.6. The SMILES string of the molecule is CC(C)(C)[Si](C)(C)OCCN(CCO[Si](C)(C)C(C)(C)C)S(=O)(=O)c1ccccc1. The van der Waals surface area contributed by atoms with Crippen molar-refractivity contribution >= 4 is 26.7 Å². The van der Waals surface area contributed by atoms with Crippen LogP contribution in [0.4, 0.5) is 0 Å². The maximum absolute atomic E-state index is 13.3. The van der Waals surface area contributed by atoms with E-state index in [1.165, 1.54) is 4.31 Å². The Morgan fingerprint density at radius 3 is 1.47 bits per heavy atom. The molecule has 0 unspecified atom stereocenters. The number of hydrogen-bond donors (Lipinski definition) is 0. The zero-order valence-corrected chi connectivity index (χ0v) is 23.5. The van der Waals surface area contributed by atoms with E-state index in [0.29, 0.717) is 31.2 Å². The lowest BCUT2D eigenvalue weighted by Crippen LogP contribution is -2.45. The average Bonchev–Trinajstić information content (AvgIpc) is 2.59. The number of sulfonamides is 1. The van der Waals surface area contributed by atoms with Crippen molar-refractivity contribution in [2.45, 2.75) is 82.7 Å². The zero-order valence-electron chi connectivity index (χ0n) is 20.7. The van der Waals surface area contributed by atoms with Gasteiger partial charge in [0.05, 0.1) is 4.90 Å². The van der Waals surface area contributed by atoms with E-state index in [9.17, 15) is 8.42 Å². The fourth-order valence-electron chi connectivity index (χ4n) is 2.33. The summed E-state index contributed by atoms with van der Waals surface area (Å²) in [5.41, 5.74) is 0. The Labute approximate surface area is 187 Å². The van der Waals surface area contributed by atoms with E-state index < -0.39 is 26.7 Å². The van der Waals surface area contributed by atoms with Gasteiger partial charge in [0.15, 0.2) is 16.6 Å². The molecule has 5 nitrogen and oxygen atoms in total. The summed E-state index contributed by atoms with van der Waals surface area (Å²) < 4.78 is 40.6. The molecule has 174 valence electrons. The molecule has 0 aliphatic rings. The molecular formula is C22H43NO4SSi2. The van der Waals surface area contributed by atoms with Crippen LogP contribution in [0, 0.1) is 0 Å². The third-order valence-electron chi connectivity index (χ3n) is 6.60. The average molecular weight is 474 g/mol. The molecule has 0 bridgehead atoms. The highest BCUT2D eigenvalue weighted by molar-refractivity contribution is 7.89. The Bertz CT molecular complexity index is 735. The number of nitrogens with zero attached hydrogens (tertiary/aromatic N) is 1. The monoisotopic (exact) mass is 473 g/mol. The molecule has 0 aliphatic heterocycles. The smallest absolute Gasteiger partial charge is 0.243 e. The van der Waals surface area contributed by atoms with Gasteiger partial charge in [-0.1, -0.05) is 59.7 Å². The third kappa shape index (κ3) is 7.27. The molecule has 30 heavy (non-hydrogen) atoms. The molecule has 1 rings (SSSR count). The van der Waals surface area contributed by atoms with Gasteiger partial charge in [-0.05, 0) is 48.4 Å². The molecule has 1 aromatic carbocycles. The van der Waals surface area contributed by atoms with Crippen LogP contribution in [0.2, 0.25) is 36.3 Å². The Morgan fingerprint density at radius 2 is 1.13 bits per heavy atom. The van der Waals surface area contributed by atoms with Gasteiger partial charge in [-0.25, -0.2) is 8.42 Å². The first-order chi connectivity index (χ1) is 13.4. The van der Waals surface area contributed by atoms with Crippen LogP contribution >= 0.6 is 0 Å². The van der Waals surface area contributed by atoms with Crippen LogP contribution in [0.25, 0.3) is 0 Å². The molecule has 0 aliphatic carbocycles. The van der Waals surface area contributed by atoms with Gasteiger partial charge in [0, 0.05) is 26.3 Å². The highest BCUT2D eigenvalue weighted by atomic mass is 32.2. The van der Waals surface area contributed by atoms with E-state index in [2.05, 4.69) is 67.7 Å². The Hall–Kier alpha value is -0.516. The molecule has 0 saturated carbocycles. The van der Waals surface area contributed by atoms with E-state index in [1.807, 2.05) is 6.07 Å². The highest BCUT2D eigenvalue weighted by Crippen LogP contribution is 2.37. The van der Waals surface area contributed by atoms with Crippen molar-refractivity contribution in [3.8, 4) is 0 Å². The highest BCUT2D eigenvalue weighted by Gasteiger charge is 2.38. The second kappa shape index (κ2) is 9.96. The van der Waals surface area contributed by atoms with Crippen LogP contribution in [-0.4, -0.2) is 55.7 Å². The summed E-state index contributed by atoms with van der Waals surface area (Å²) >= 11 is 0. The maximum atomic E-state index is 13.3. The van der Waals surface area contributed by atoms with E-state index in [-0.39, 0.29) is 10.1 Å². The van der Waals surface area contributed by atoms with Crippen LogP contribution in [0.15, 0.2) is 35.2 Å². The van der Waals surface area contributed by atoms with Crippen LogP contribution < -0.4 is 0 Å². The van der Waals surface area contributed by atoms with Crippen molar-refractivity contribution in [1.82, 2.24) is 4.31 Å². The number of hydrogen-bond acceptors (Lipinski definition) is 4. The molecular weight excluding hydrogens is 430 g/mol. The minimum Gasteiger partial charge on any atom is -0.415 e. The zero-order chi connectivity index (χ0) is 23.4. The van der Waals surface area contributed by atoms with Crippen LogP contribution in [0.3, 0.4) is 0 Å². The minimum atomic E-state index is -3.60. The van der Waals surface area contributed by atoms with Crippen molar-refractivity contribution in [3.63, 3.8) is 0 Å². The van der Waals surface area contributed by atoms with Crippen LogP contribution in [-0.2, 0) is 18.9 Å². The van der Waals surface area contributed by atoms with Gasteiger partial charge in [0.1, 0.15) is 0 Å². The summed E-state index contributed by atoms with van der Waals surface area (Å²) in [6, 6.07) is 8.62. The first-order valence-electron chi connectivity index (χ1n) is 10.7. The van der Waals surface area contributed by atoms with Gasteiger partial charge in [-0.15, -0.1) is 0 Å².